The average molecular weight is 749 g/mol. The number of aliphatic carboxylic acids is 1. The Labute approximate surface area is 303 Å². The molecule has 3 amide bonds. The molecule has 4 aliphatic rings. The van der Waals surface area contributed by atoms with E-state index < -0.39 is 107 Å². The molecule has 6 rings (SSSR count). The number of carboxylic acid groups (broad SMARTS) is 1. The molecule has 1 aromatic heterocycles. The minimum Gasteiger partial charge on any atom is -0.497 e. The molecule has 1 spiro atoms. The van der Waals surface area contributed by atoms with Gasteiger partial charge in [0, 0.05) is 29.7 Å². The highest BCUT2D eigenvalue weighted by Crippen LogP contribution is 2.56. The maximum atomic E-state index is 17.3. The van der Waals surface area contributed by atoms with Gasteiger partial charge in [0.1, 0.15) is 40.2 Å². The Morgan fingerprint density at radius 2 is 1.87 bits per heavy atom. The van der Waals surface area contributed by atoms with Crippen LogP contribution in [-0.2, 0) is 31.0 Å². The van der Waals surface area contributed by atoms with Crippen LogP contribution in [0, 0.1) is 5.92 Å². The van der Waals surface area contributed by atoms with E-state index >= 15 is 4.39 Å². The number of alkyl carbamates (subject to hydrolysis) is 1. The van der Waals surface area contributed by atoms with Crippen molar-refractivity contribution in [1.82, 2.24) is 20.5 Å². The summed E-state index contributed by atoms with van der Waals surface area (Å²) >= 11 is 0. The molecule has 2 fully saturated rings. The fourth-order valence-electron chi connectivity index (χ4n) is 7.94. The van der Waals surface area contributed by atoms with Crippen LogP contribution in [0.5, 0.6) is 11.5 Å². The fourth-order valence-corrected chi connectivity index (χ4v) is 7.94. The summed E-state index contributed by atoms with van der Waals surface area (Å²) in [5, 5.41) is 15.4. The maximum absolute atomic E-state index is 17.3. The van der Waals surface area contributed by atoms with Gasteiger partial charge in [-0.05, 0) is 71.6 Å². The van der Waals surface area contributed by atoms with E-state index in [9.17, 15) is 37.5 Å². The van der Waals surface area contributed by atoms with E-state index in [2.05, 4.69) is 15.6 Å². The van der Waals surface area contributed by atoms with Gasteiger partial charge in [-0.2, -0.15) is 13.2 Å². The fraction of sp³-hybridized carbons (Fsp3) is 0.595. The monoisotopic (exact) mass is 748 g/mol. The number of nitrogens with zero attached hydrogens (tertiary/aromatic N) is 2. The number of carbonyl (C=O) groups is 4. The number of hydrogen-bond acceptors (Lipinski definition) is 8. The van der Waals surface area contributed by atoms with Gasteiger partial charge in [0.15, 0.2) is 11.4 Å². The van der Waals surface area contributed by atoms with Gasteiger partial charge < -0.3 is 34.9 Å². The lowest BCUT2D eigenvalue weighted by Gasteiger charge is -2.42. The first-order valence-electron chi connectivity index (χ1n) is 17.7. The Bertz CT molecular complexity index is 1860. The zero-order valence-electron chi connectivity index (χ0n) is 30.2. The van der Waals surface area contributed by atoms with Crippen molar-refractivity contribution in [2.75, 3.05) is 13.7 Å². The second-order valence-corrected chi connectivity index (χ2v) is 15.7. The summed E-state index contributed by atoms with van der Waals surface area (Å²) in [6.07, 6.45) is -0.791. The zero-order chi connectivity index (χ0) is 38.7. The number of hydrogen-bond donors (Lipinski definition) is 3. The maximum Gasteiger partial charge on any atom is 0.437 e. The van der Waals surface area contributed by atoms with Gasteiger partial charge in [-0.25, -0.2) is 19.0 Å². The Kier molecular flexibility index (Phi) is 9.59. The molecule has 16 heteroatoms. The van der Waals surface area contributed by atoms with Crippen molar-refractivity contribution in [3.05, 3.63) is 41.6 Å². The standard InChI is InChI=1S/C37H44F4N4O8/c1-33(2,3)53-32(50)43-24-12-10-8-6-7-9-11-20-16-36(20,31(48)49)44-29(46)25-17-35(19-45(25)30(24)47)18-34(4,38)26-22-15-21(51-5)13-14-23(22)42-28(27(26)52-35)37(39,40)41/h9,11,13-15,20,24-25H,6-8,10,12,16-19H2,1-5H3,(H,43,50)(H,44,46)(H,48,49)/b11-9-/t20-,24+,25+,34?,35+,36-/m1/s1. The van der Waals surface area contributed by atoms with Crippen LogP contribution in [-0.4, -0.2) is 81.3 Å². The van der Waals surface area contributed by atoms with Crippen LogP contribution in [0.25, 0.3) is 10.9 Å². The minimum absolute atomic E-state index is 0.0340. The summed E-state index contributed by atoms with van der Waals surface area (Å²) in [6.45, 7) is 5.48. The first-order valence-corrected chi connectivity index (χ1v) is 17.7. The van der Waals surface area contributed by atoms with Gasteiger partial charge in [0.25, 0.3) is 0 Å². The molecule has 2 aromatic rings. The predicted molar refractivity (Wildman–Crippen MR) is 182 cm³/mol. The van der Waals surface area contributed by atoms with Gasteiger partial charge in [0.05, 0.1) is 19.2 Å². The second-order valence-electron chi connectivity index (χ2n) is 15.7. The van der Waals surface area contributed by atoms with Crippen molar-refractivity contribution in [1.29, 1.82) is 0 Å². The average Bonchev–Trinajstić information content (AvgIpc) is 3.63. The van der Waals surface area contributed by atoms with E-state index in [4.69, 9.17) is 14.2 Å². The van der Waals surface area contributed by atoms with Gasteiger partial charge in [-0.15, -0.1) is 0 Å². The number of allylic oxidation sites excluding steroid dienone is 1. The molecule has 3 aliphatic heterocycles. The number of carbonyl (C=O) groups excluding carboxylic acids is 3. The molecule has 1 saturated carbocycles. The Morgan fingerprint density at radius 3 is 2.53 bits per heavy atom. The minimum atomic E-state index is -5.09. The number of aromatic nitrogens is 1. The van der Waals surface area contributed by atoms with Gasteiger partial charge in [-0.1, -0.05) is 25.0 Å². The van der Waals surface area contributed by atoms with E-state index in [0.29, 0.717) is 25.7 Å². The summed E-state index contributed by atoms with van der Waals surface area (Å²) in [4.78, 5) is 59.1. The van der Waals surface area contributed by atoms with Crippen LogP contribution in [0.15, 0.2) is 30.4 Å². The first-order chi connectivity index (χ1) is 24.7. The van der Waals surface area contributed by atoms with E-state index in [1.165, 1.54) is 25.3 Å². The lowest BCUT2D eigenvalue weighted by atomic mass is 9.78. The van der Waals surface area contributed by atoms with Crippen LogP contribution in [0.1, 0.15) is 90.3 Å². The Balaban J connectivity index is 1.45. The molecular weight excluding hydrogens is 704 g/mol. The summed E-state index contributed by atoms with van der Waals surface area (Å²) < 4.78 is 78.2. The van der Waals surface area contributed by atoms with Crippen molar-refractivity contribution < 1.29 is 56.1 Å². The zero-order valence-corrected chi connectivity index (χ0v) is 30.2. The summed E-state index contributed by atoms with van der Waals surface area (Å²) in [5.74, 6) is -4.12. The Morgan fingerprint density at radius 1 is 1.13 bits per heavy atom. The first kappa shape index (κ1) is 38.1. The SMILES string of the molecule is COc1ccc2nc(C(F)(F)F)c3c(c2c1)C(C)(F)C[C@]1(C[C@H]2C(=O)N[C@]4(C(=O)O)C[C@H]4/C=C\CCCCC[C@H](NC(=O)OC(C)(C)C)C(=O)N2C1)O3. The van der Waals surface area contributed by atoms with Gasteiger partial charge in [-0.3, -0.25) is 9.59 Å². The molecule has 6 atom stereocenters. The number of methoxy groups -OCH3 is 1. The third kappa shape index (κ3) is 7.45. The smallest absolute Gasteiger partial charge is 0.437 e. The van der Waals surface area contributed by atoms with Crippen molar-refractivity contribution in [2.24, 2.45) is 5.92 Å². The number of benzene rings is 1. The van der Waals surface area contributed by atoms with Gasteiger partial charge in [0.2, 0.25) is 11.8 Å². The summed E-state index contributed by atoms with van der Waals surface area (Å²) in [5.41, 5.74) is -9.02. The normalized spacial score (nSPS) is 31.2. The number of ether oxygens (including phenoxy) is 3. The third-order valence-electron chi connectivity index (χ3n) is 10.4. The largest absolute Gasteiger partial charge is 0.497 e. The number of halogens is 4. The molecular formula is C37H44F4N4O8. The second kappa shape index (κ2) is 13.3. The number of carboxylic acids is 1. The predicted octanol–water partition coefficient (Wildman–Crippen LogP) is 5.94. The summed E-state index contributed by atoms with van der Waals surface area (Å²) in [6, 6.07) is 1.32. The number of rotatable bonds is 3. The molecule has 1 aliphatic carbocycles. The number of fused-ring (bicyclic) bond motifs is 5. The van der Waals surface area contributed by atoms with Crippen molar-refractivity contribution in [3.8, 4) is 11.5 Å². The molecule has 1 saturated heterocycles. The molecule has 0 bridgehead atoms. The molecule has 3 N–H and O–H groups in total. The van der Waals surface area contributed by atoms with Crippen molar-refractivity contribution in [2.45, 2.75) is 120 Å². The molecule has 12 nitrogen and oxygen atoms in total. The van der Waals surface area contributed by atoms with Crippen molar-refractivity contribution >= 4 is 34.8 Å². The lowest BCUT2D eigenvalue weighted by molar-refractivity contribution is -0.146. The molecule has 1 unspecified atom stereocenters. The highest BCUT2D eigenvalue weighted by molar-refractivity contribution is 5.96. The molecule has 288 valence electrons. The highest BCUT2D eigenvalue weighted by Gasteiger charge is 2.64. The molecule has 53 heavy (non-hydrogen) atoms. The van der Waals surface area contributed by atoms with E-state index in [1.54, 1.807) is 26.8 Å². The number of pyridine rings is 1. The number of amides is 3. The lowest BCUT2D eigenvalue weighted by Crippen LogP contribution is -2.56. The van der Waals surface area contributed by atoms with E-state index in [-0.39, 0.29) is 29.5 Å². The molecule has 4 heterocycles. The summed E-state index contributed by atoms with van der Waals surface area (Å²) in [7, 11) is 1.35. The third-order valence-corrected chi connectivity index (χ3v) is 10.4. The van der Waals surface area contributed by atoms with Gasteiger partial charge >= 0.3 is 18.2 Å². The number of nitrogens with one attached hydrogen (secondary N) is 2. The number of alkyl halides is 4. The molecule has 0 radical (unpaired) electrons. The Hall–Kier alpha value is -4.63. The van der Waals surface area contributed by atoms with Crippen molar-refractivity contribution in [3.63, 3.8) is 0 Å². The molecule has 1 aromatic carbocycles. The van der Waals surface area contributed by atoms with Crippen LogP contribution < -0.4 is 20.1 Å². The highest BCUT2D eigenvalue weighted by atomic mass is 19.4. The van der Waals surface area contributed by atoms with E-state index in [0.717, 1.165) is 11.8 Å². The van der Waals surface area contributed by atoms with Crippen LogP contribution in [0.4, 0.5) is 22.4 Å². The van der Waals surface area contributed by atoms with Crippen LogP contribution in [0.3, 0.4) is 0 Å². The van der Waals surface area contributed by atoms with Crippen LogP contribution in [0.2, 0.25) is 0 Å². The quantitative estimate of drug-likeness (QED) is 0.255. The van der Waals surface area contributed by atoms with E-state index in [1.807, 2.05) is 6.08 Å². The van der Waals surface area contributed by atoms with Crippen LogP contribution >= 0.6 is 0 Å². The topological polar surface area (TPSA) is 156 Å².